The van der Waals surface area contributed by atoms with Gasteiger partial charge in [-0.15, -0.1) is 4.28 Å². The molecule has 14 nitrogen and oxygen atoms in total. The van der Waals surface area contributed by atoms with Gasteiger partial charge in [0, 0.05) is 19.6 Å². The molecule has 3 aliphatic rings. The van der Waals surface area contributed by atoms with Crippen molar-refractivity contribution in [3.8, 4) is 0 Å². The molecule has 0 spiro atoms. The third kappa shape index (κ3) is 5.48. The molecule has 0 aromatic heterocycles. The minimum Gasteiger partial charge on any atom is -0.465 e. The number of amides is 4. The summed E-state index contributed by atoms with van der Waals surface area (Å²) >= 11 is 0. The summed E-state index contributed by atoms with van der Waals surface area (Å²) in [5, 5.41) is 9.47. The van der Waals surface area contributed by atoms with E-state index in [1.54, 1.807) is 0 Å². The first kappa shape index (κ1) is 22.5. The Kier molecular flexibility index (Phi) is 6.97. The molecule has 4 amide bonds. The van der Waals surface area contributed by atoms with Crippen molar-refractivity contribution in [3.05, 3.63) is 0 Å². The third-order valence-corrected chi connectivity index (χ3v) is 5.57. The molecular formula is C15H24N4O10S. The fraction of sp³-hybridized carbons (Fsp3) is 0.800. The van der Waals surface area contributed by atoms with Crippen molar-refractivity contribution >= 4 is 28.4 Å². The molecule has 0 aromatic carbocycles. The number of urea groups is 1. The summed E-state index contributed by atoms with van der Waals surface area (Å²) in [7, 11) is -4.85. The molecule has 3 rings (SSSR count). The summed E-state index contributed by atoms with van der Waals surface area (Å²) in [6, 6.07) is -2.26. The Labute approximate surface area is 172 Å². The maximum Gasteiger partial charge on any atom is 0.418 e. The zero-order valence-electron chi connectivity index (χ0n) is 16.0. The Bertz CT molecular complexity index is 769. The normalized spacial score (nSPS) is 25.0. The maximum atomic E-state index is 12.3. The first-order valence-corrected chi connectivity index (χ1v) is 10.8. The number of hydrogen-bond donors (Lipinski definition) is 3. The summed E-state index contributed by atoms with van der Waals surface area (Å²) in [5.74, 6) is -0.565. The first-order valence-electron chi connectivity index (χ1n) is 9.43. The lowest BCUT2D eigenvalue weighted by molar-refractivity contribution is -0.140. The molecule has 170 valence electrons. The lowest BCUT2D eigenvalue weighted by Gasteiger charge is -2.30. The van der Waals surface area contributed by atoms with Crippen LogP contribution in [0.3, 0.4) is 0 Å². The molecule has 0 aliphatic carbocycles. The predicted molar refractivity (Wildman–Crippen MR) is 96.1 cm³/mol. The Hall–Kier alpha value is -2.20. The number of carbonyl (C=O) groups excluding carboxylic acids is 2. The van der Waals surface area contributed by atoms with E-state index in [-0.39, 0.29) is 32.3 Å². The summed E-state index contributed by atoms with van der Waals surface area (Å²) in [4.78, 5) is 43.0. The zero-order chi connectivity index (χ0) is 21.9. The van der Waals surface area contributed by atoms with Crippen molar-refractivity contribution in [1.29, 1.82) is 0 Å². The van der Waals surface area contributed by atoms with Crippen molar-refractivity contribution in [2.75, 3.05) is 32.8 Å². The van der Waals surface area contributed by atoms with Gasteiger partial charge in [-0.3, -0.25) is 14.2 Å². The number of nitrogens with zero attached hydrogens (tertiary/aromatic N) is 3. The molecule has 30 heavy (non-hydrogen) atoms. The molecule has 0 radical (unpaired) electrons. The molecule has 3 aliphatic heterocycles. The second-order valence-electron chi connectivity index (χ2n) is 7.16. The van der Waals surface area contributed by atoms with Gasteiger partial charge in [-0.05, 0) is 25.7 Å². The number of rotatable bonds is 8. The van der Waals surface area contributed by atoms with E-state index in [4.69, 9.17) is 19.2 Å². The molecule has 2 atom stereocenters. The van der Waals surface area contributed by atoms with Crippen LogP contribution >= 0.6 is 0 Å². The van der Waals surface area contributed by atoms with E-state index in [1.165, 1.54) is 4.90 Å². The van der Waals surface area contributed by atoms with E-state index >= 15 is 0 Å². The number of piperidine rings is 2. The van der Waals surface area contributed by atoms with Gasteiger partial charge in [0.25, 0.3) is 5.91 Å². The SMILES string of the molecule is O=C(NOCCOC1CCN(C(=O)O)CC1)[C@@H]1CC[C@@H]2CN1C(=O)N2OS(=O)(=O)O. The number of likely N-dealkylation sites (tertiary alicyclic amines) is 1. The fourth-order valence-electron chi connectivity index (χ4n) is 3.76. The van der Waals surface area contributed by atoms with E-state index in [0.717, 1.165) is 4.90 Å². The zero-order valence-corrected chi connectivity index (χ0v) is 16.8. The van der Waals surface area contributed by atoms with Crippen LogP contribution < -0.4 is 5.48 Å². The molecule has 0 aromatic rings. The van der Waals surface area contributed by atoms with Gasteiger partial charge in [-0.2, -0.15) is 13.5 Å². The Morgan fingerprint density at radius 1 is 1.13 bits per heavy atom. The van der Waals surface area contributed by atoms with E-state index in [9.17, 15) is 22.8 Å². The van der Waals surface area contributed by atoms with Crippen molar-refractivity contribution < 1.29 is 46.3 Å². The molecular weight excluding hydrogens is 428 g/mol. The highest BCUT2D eigenvalue weighted by molar-refractivity contribution is 7.80. The van der Waals surface area contributed by atoms with Gasteiger partial charge in [0.1, 0.15) is 6.04 Å². The van der Waals surface area contributed by atoms with Crippen LogP contribution in [0, 0.1) is 0 Å². The Balaban J connectivity index is 1.36. The highest BCUT2D eigenvalue weighted by Gasteiger charge is 2.49. The van der Waals surface area contributed by atoms with Crippen molar-refractivity contribution in [1.82, 2.24) is 20.3 Å². The summed E-state index contributed by atoms with van der Waals surface area (Å²) in [5.41, 5.74) is 2.25. The largest absolute Gasteiger partial charge is 0.465 e. The minimum absolute atomic E-state index is 0.0617. The average Bonchev–Trinajstić information content (AvgIpc) is 2.91. The average molecular weight is 452 g/mol. The van der Waals surface area contributed by atoms with Crippen LogP contribution in [-0.4, -0.2) is 102 Å². The monoisotopic (exact) mass is 452 g/mol. The summed E-state index contributed by atoms with van der Waals surface area (Å²) in [6.07, 6.45) is 0.732. The smallest absolute Gasteiger partial charge is 0.418 e. The lowest BCUT2D eigenvalue weighted by Crippen LogP contribution is -2.49. The molecule has 15 heteroatoms. The summed E-state index contributed by atoms with van der Waals surface area (Å²) < 4.78 is 40.4. The van der Waals surface area contributed by atoms with Gasteiger partial charge in [0.05, 0.1) is 25.4 Å². The summed E-state index contributed by atoms with van der Waals surface area (Å²) in [6.45, 7) is 1.16. The highest BCUT2D eigenvalue weighted by atomic mass is 32.3. The van der Waals surface area contributed by atoms with Crippen LogP contribution in [0.2, 0.25) is 0 Å². The third-order valence-electron chi connectivity index (χ3n) is 5.22. The number of carbonyl (C=O) groups is 3. The Morgan fingerprint density at radius 3 is 2.47 bits per heavy atom. The topological polar surface area (TPSA) is 175 Å². The molecule has 3 heterocycles. The Morgan fingerprint density at radius 2 is 1.83 bits per heavy atom. The highest BCUT2D eigenvalue weighted by Crippen LogP contribution is 2.30. The number of hydrogen-bond acceptors (Lipinski definition) is 8. The first-order chi connectivity index (χ1) is 14.2. The van der Waals surface area contributed by atoms with Crippen LogP contribution in [0.25, 0.3) is 0 Å². The molecule has 3 N–H and O–H groups in total. The van der Waals surface area contributed by atoms with Gasteiger partial charge in [-0.25, -0.2) is 15.1 Å². The van der Waals surface area contributed by atoms with Gasteiger partial charge >= 0.3 is 22.5 Å². The number of hydroxylamine groups is 3. The molecule has 2 bridgehead atoms. The van der Waals surface area contributed by atoms with Crippen LogP contribution in [0.4, 0.5) is 9.59 Å². The van der Waals surface area contributed by atoms with Crippen LogP contribution in [0.1, 0.15) is 25.7 Å². The van der Waals surface area contributed by atoms with Crippen molar-refractivity contribution in [3.63, 3.8) is 0 Å². The standard InChI is InChI=1S/C15H24N4O10S/c20-13(16-28-8-7-27-11-3-5-17(6-4-11)15(22)23)12-2-1-10-9-18(12)14(21)19(10)29-30(24,25)26/h10-12H,1-9H2,(H,16,20)(H,22,23)(H,24,25,26)/t10-,12+/m1/s1. The van der Waals surface area contributed by atoms with Gasteiger partial charge in [0.2, 0.25) is 0 Å². The second-order valence-corrected chi connectivity index (χ2v) is 8.17. The maximum absolute atomic E-state index is 12.3. The number of carboxylic acid groups (broad SMARTS) is 1. The van der Waals surface area contributed by atoms with Crippen molar-refractivity contribution in [2.45, 2.75) is 43.9 Å². The van der Waals surface area contributed by atoms with Gasteiger partial charge < -0.3 is 19.6 Å². The fourth-order valence-corrected chi connectivity index (χ4v) is 4.15. The van der Waals surface area contributed by atoms with Crippen LogP contribution in [0.5, 0.6) is 0 Å². The van der Waals surface area contributed by atoms with E-state index in [1.807, 2.05) is 0 Å². The van der Waals surface area contributed by atoms with Crippen LogP contribution in [0.15, 0.2) is 0 Å². The molecule has 3 saturated heterocycles. The van der Waals surface area contributed by atoms with E-state index in [2.05, 4.69) is 9.76 Å². The second kappa shape index (κ2) is 9.30. The van der Waals surface area contributed by atoms with Crippen LogP contribution in [-0.2, 0) is 29.1 Å². The number of fused-ring (bicyclic) bond motifs is 2. The van der Waals surface area contributed by atoms with E-state index < -0.39 is 40.5 Å². The quantitative estimate of drug-likeness (QED) is 0.240. The predicted octanol–water partition coefficient (Wildman–Crippen LogP) is -0.804. The van der Waals surface area contributed by atoms with E-state index in [0.29, 0.717) is 37.4 Å². The number of nitrogens with one attached hydrogen (secondary N) is 1. The minimum atomic E-state index is -4.85. The van der Waals surface area contributed by atoms with Gasteiger partial charge in [0.15, 0.2) is 0 Å². The number of ether oxygens (including phenoxy) is 1. The molecule has 3 fully saturated rings. The molecule has 0 unspecified atom stereocenters. The van der Waals surface area contributed by atoms with Crippen molar-refractivity contribution in [2.24, 2.45) is 0 Å². The molecule has 0 saturated carbocycles. The lowest BCUT2D eigenvalue weighted by atomic mass is 10.0. The van der Waals surface area contributed by atoms with Gasteiger partial charge in [-0.1, -0.05) is 0 Å².